The van der Waals surface area contributed by atoms with Crippen molar-refractivity contribution >= 4 is 16.3 Å². The maximum absolute atomic E-state index is 13.1. The van der Waals surface area contributed by atoms with E-state index in [4.69, 9.17) is 9.47 Å². The standard InChI is InChI=1S/C53H101NO11S/c1-3-5-7-9-11-13-15-17-19-21-22-23-24-25-27-28-30-32-34-36-38-40-42-47(56)46(45-63-53-51(59)52(65-66(60,61)62)50(58)48(44-55)64-53)54-49(57)43-41-39-37-35-33-31-29-26-20-18-16-14-12-10-8-6-4-2/h18,20,40,42,46-48,50-53,55-56,58-59H,3-17,19,21-39,41,43-45H2,1-2H3,(H,54,57)(H,60,61,62)/b20-18-,42-40+. The summed E-state index contributed by atoms with van der Waals surface area (Å²) in [6.45, 7) is 3.41. The number of aliphatic hydroxyl groups excluding tert-OH is 4. The number of unbranched alkanes of at least 4 members (excludes halogenated alkanes) is 33. The van der Waals surface area contributed by atoms with Crippen LogP contribution in [0.5, 0.6) is 0 Å². The van der Waals surface area contributed by atoms with Crippen molar-refractivity contribution in [1.82, 2.24) is 5.32 Å². The number of nitrogens with one attached hydrogen (secondary N) is 1. The Labute approximate surface area is 403 Å². The first-order valence-electron chi connectivity index (χ1n) is 27.2. The number of ether oxygens (including phenoxy) is 2. The minimum absolute atomic E-state index is 0.265. The second kappa shape index (κ2) is 43.6. The molecule has 1 heterocycles. The van der Waals surface area contributed by atoms with E-state index in [9.17, 15) is 38.2 Å². The molecule has 1 aliphatic rings. The van der Waals surface area contributed by atoms with E-state index in [2.05, 4.69) is 35.5 Å². The molecule has 1 saturated heterocycles. The monoisotopic (exact) mass is 960 g/mol. The molecular formula is C53H101NO11S. The molecule has 0 spiro atoms. The molecule has 7 unspecified atom stereocenters. The molecule has 1 rings (SSSR count). The van der Waals surface area contributed by atoms with E-state index < -0.39 is 59.9 Å². The Morgan fingerprint density at radius 2 is 0.970 bits per heavy atom. The quantitative estimate of drug-likeness (QED) is 0.0193. The van der Waals surface area contributed by atoms with E-state index in [1.54, 1.807) is 6.08 Å². The molecule has 1 aliphatic heterocycles. The van der Waals surface area contributed by atoms with Crippen molar-refractivity contribution in [2.75, 3.05) is 13.2 Å². The van der Waals surface area contributed by atoms with Gasteiger partial charge in [0, 0.05) is 6.42 Å². The van der Waals surface area contributed by atoms with Crippen LogP contribution >= 0.6 is 0 Å². The van der Waals surface area contributed by atoms with Crippen molar-refractivity contribution in [3.8, 4) is 0 Å². The molecule has 12 nitrogen and oxygen atoms in total. The Bertz CT molecular complexity index is 1270. The van der Waals surface area contributed by atoms with Crippen LogP contribution in [0.4, 0.5) is 0 Å². The second-order valence-electron chi connectivity index (χ2n) is 19.2. The van der Waals surface area contributed by atoms with Crippen LogP contribution in [-0.2, 0) is 28.9 Å². The third-order valence-corrected chi connectivity index (χ3v) is 13.4. The summed E-state index contributed by atoms with van der Waals surface area (Å²) in [6, 6.07) is -0.945. The minimum atomic E-state index is -5.09. The van der Waals surface area contributed by atoms with E-state index in [0.29, 0.717) is 6.42 Å². The Morgan fingerprint density at radius 1 is 0.591 bits per heavy atom. The van der Waals surface area contributed by atoms with Crippen LogP contribution in [0, 0.1) is 0 Å². The number of amides is 1. The van der Waals surface area contributed by atoms with Crippen molar-refractivity contribution in [1.29, 1.82) is 0 Å². The lowest BCUT2D eigenvalue weighted by atomic mass is 9.99. The molecule has 0 saturated carbocycles. The van der Waals surface area contributed by atoms with Crippen molar-refractivity contribution < 1.29 is 51.8 Å². The van der Waals surface area contributed by atoms with Crippen LogP contribution < -0.4 is 5.32 Å². The molecule has 6 N–H and O–H groups in total. The number of carbonyl (C=O) groups is 1. The average Bonchev–Trinajstić information content (AvgIpc) is 3.29. The summed E-state index contributed by atoms with van der Waals surface area (Å²) < 4.78 is 47.8. The third-order valence-electron chi connectivity index (χ3n) is 13.0. The van der Waals surface area contributed by atoms with Gasteiger partial charge >= 0.3 is 10.4 Å². The SMILES string of the molecule is CCCCCCCC/C=C\CCCCCCCCCC(=O)NC(COC1OC(CO)C(O)C(OS(=O)(=O)O)C1O)C(O)/C=C/CCCCCCCCCCCCCCCCCCCCCC. The molecule has 7 atom stereocenters. The first-order chi connectivity index (χ1) is 32.0. The van der Waals surface area contributed by atoms with Crippen LogP contribution in [-0.4, -0.2) is 95.4 Å². The van der Waals surface area contributed by atoms with Crippen molar-refractivity contribution in [3.05, 3.63) is 24.3 Å². The fraction of sp³-hybridized carbons (Fsp3) is 0.906. The lowest BCUT2D eigenvalue weighted by molar-refractivity contribution is -0.298. The molecule has 0 aliphatic carbocycles. The molecule has 66 heavy (non-hydrogen) atoms. The first-order valence-corrected chi connectivity index (χ1v) is 28.6. The van der Waals surface area contributed by atoms with Crippen molar-refractivity contribution in [2.24, 2.45) is 0 Å². The van der Waals surface area contributed by atoms with E-state index >= 15 is 0 Å². The molecular weight excluding hydrogens is 859 g/mol. The highest BCUT2D eigenvalue weighted by atomic mass is 32.3. The first kappa shape index (κ1) is 62.6. The fourth-order valence-electron chi connectivity index (χ4n) is 8.74. The number of hydrogen-bond acceptors (Lipinski definition) is 10. The number of aliphatic hydroxyl groups is 4. The van der Waals surface area contributed by atoms with Gasteiger partial charge in [0.05, 0.1) is 25.4 Å². The van der Waals surface area contributed by atoms with E-state index in [1.807, 2.05) is 6.08 Å². The highest BCUT2D eigenvalue weighted by Crippen LogP contribution is 2.26. The Hall–Kier alpha value is -1.42. The summed E-state index contributed by atoms with van der Waals surface area (Å²) in [5, 5.41) is 44.9. The summed E-state index contributed by atoms with van der Waals surface area (Å²) in [5.74, 6) is -0.265. The summed E-state index contributed by atoms with van der Waals surface area (Å²) in [6.07, 6.45) is 43.6. The van der Waals surface area contributed by atoms with Gasteiger partial charge in [-0.15, -0.1) is 0 Å². The molecule has 390 valence electrons. The van der Waals surface area contributed by atoms with Crippen LogP contribution in [0.15, 0.2) is 24.3 Å². The van der Waals surface area contributed by atoms with Gasteiger partial charge < -0.3 is 35.2 Å². The largest absolute Gasteiger partial charge is 0.397 e. The zero-order valence-electron chi connectivity index (χ0n) is 42.0. The molecule has 1 amide bonds. The predicted octanol–water partition coefficient (Wildman–Crippen LogP) is 12.1. The normalized spacial score (nSPS) is 20.1. The molecule has 13 heteroatoms. The number of carbonyl (C=O) groups excluding carboxylic acids is 1. The Kier molecular flexibility index (Phi) is 41.3. The minimum Gasteiger partial charge on any atom is -0.394 e. The second-order valence-corrected chi connectivity index (χ2v) is 20.2. The van der Waals surface area contributed by atoms with Crippen LogP contribution in [0.3, 0.4) is 0 Å². The maximum atomic E-state index is 13.1. The van der Waals surface area contributed by atoms with E-state index in [1.165, 1.54) is 180 Å². The topological polar surface area (TPSA) is 192 Å². The summed E-state index contributed by atoms with van der Waals surface area (Å²) in [4.78, 5) is 13.1. The molecule has 0 aromatic carbocycles. The Morgan fingerprint density at radius 3 is 1.36 bits per heavy atom. The highest BCUT2D eigenvalue weighted by molar-refractivity contribution is 7.80. The smallest absolute Gasteiger partial charge is 0.394 e. The van der Waals surface area contributed by atoms with Gasteiger partial charge in [-0.2, -0.15) is 8.42 Å². The van der Waals surface area contributed by atoms with Gasteiger partial charge in [0.25, 0.3) is 0 Å². The van der Waals surface area contributed by atoms with Gasteiger partial charge in [-0.1, -0.05) is 224 Å². The van der Waals surface area contributed by atoms with Gasteiger partial charge in [-0.25, -0.2) is 4.18 Å². The summed E-state index contributed by atoms with van der Waals surface area (Å²) in [5.41, 5.74) is 0. The number of allylic oxidation sites excluding steroid dienone is 3. The van der Waals surface area contributed by atoms with E-state index in [0.717, 1.165) is 44.9 Å². The number of hydrogen-bond donors (Lipinski definition) is 6. The van der Waals surface area contributed by atoms with Crippen molar-refractivity contribution in [2.45, 2.75) is 294 Å². The number of rotatable bonds is 47. The van der Waals surface area contributed by atoms with Gasteiger partial charge in [-0.3, -0.25) is 9.35 Å². The van der Waals surface area contributed by atoms with Gasteiger partial charge in [0.15, 0.2) is 6.29 Å². The van der Waals surface area contributed by atoms with Crippen LogP contribution in [0.1, 0.15) is 251 Å². The summed E-state index contributed by atoms with van der Waals surface area (Å²) in [7, 11) is -5.09. The zero-order chi connectivity index (χ0) is 48.4. The fourth-order valence-corrected chi connectivity index (χ4v) is 9.25. The van der Waals surface area contributed by atoms with Gasteiger partial charge in [0.2, 0.25) is 5.91 Å². The van der Waals surface area contributed by atoms with Crippen LogP contribution in [0.25, 0.3) is 0 Å². The van der Waals surface area contributed by atoms with Gasteiger partial charge in [-0.05, 0) is 44.9 Å². The average molecular weight is 960 g/mol. The summed E-state index contributed by atoms with van der Waals surface area (Å²) >= 11 is 0. The maximum Gasteiger partial charge on any atom is 0.397 e. The predicted molar refractivity (Wildman–Crippen MR) is 269 cm³/mol. The van der Waals surface area contributed by atoms with Crippen molar-refractivity contribution in [3.63, 3.8) is 0 Å². The molecule has 0 aromatic rings. The van der Waals surface area contributed by atoms with Crippen LogP contribution in [0.2, 0.25) is 0 Å². The zero-order valence-corrected chi connectivity index (χ0v) is 42.8. The molecule has 0 bridgehead atoms. The lowest BCUT2D eigenvalue weighted by Gasteiger charge is -2.41. The Balaban J connectivity index is 2.42. The molecule has 0 aromatic heterocycles. The highest BCUT2D eigenvalue weighted by Gasteiger charge is 2.48. The third kappa shape index (κ3) is 35.7. The molecule has 1 fully saturated rings. The lowest BCUT2D eigenvalue weighted by Crippen LogP contribution is -2.61. The van der Waals surface area contributed by atoms with E-state index in [-0.39, 0.29) is 18.9 Å². The van der Waals surface area contributed by atoms with Gasteiger partial charge in [0.1, 0.15) is 24.4 Å². The molecule has 0 radical (unpaired) electrons.